The minimum atomic E-state index is 0.611. The maximum atomic E-state index is 5.76. The largest absolute Gasteiger partial charge is 0.396 e. The van der Waals surface area contributed by atoms with Crippen LogP contribution in [0.3, 0.4) is 0 Å². The smallest absolute Gasteiger partial charge is 0.0736 e. The van der Waals surface area contributed by atoms with E-state index >= 15 is 0 Å². The molecule has 3 heteroatoms. The molecule has 0 saturated heterocycles. The molecule has 3 N–H and O–H groups in total. The van der Waals surface area contributed by atoms with Gasteiger partial charge >= 0.3 is 0 Å². The first-order valence-corrected chi connectivity index (χ1v) is 4.71. The highest BCUT2D eigenvalue weighted by Gasteiger charge is 2.25. The number of anilines is 2. The van der Waals surface area contributed by atoms with Crippen molar-refractivity contribution < 1.29 is 0 Å². The Morgan fingerprint density at radius 3 is 2.92 bits per heavy atom. The lowest BCUT2D eigenvalue weighted by Crippen LogP contribution is -2.33. The predicted octanol–water partition coefficient (Wildman–Crippen LogP) is 1.87. The van der Waals surface area contributed by atoms with Gasteiger partial charge in [0.05, 0.1) is 17.6 Å². The second-order valence-corrected chi connectivity index (χ2v) is 3.88. The molecule has 1 saturated carbocycles. The van der Waals surface area contributed by atoms with Crippen molar-refractivity contribution in [3.8, 4) is 0 Å². The first-order valence-electron chi connectivity index (χ1n) is 4.71. The molecule has 70 valence electrons. The average Bonchev–Trinajstić information content (AvgIpc) is 2.06. The van der Waals surface area contributed by atoms with Crippen LogP contribution in [0.5, 0.6) is 0 Å². The Morgan fingerprint density at radius 1 is 1.54 bits per heavy atom. The molecule has 2 rings (SSSR count). The van der Waals surface area contributed by atoms with Crippen molar-refractivity contribution in [3.05, 3.63) is 18.5 Å². The molecule has 0 unspecified atom stereocenters. The molecule has 1 aliphatic rings. The van der Waals surface area contributed by atoms with Crippen molar-refractivity contribution in [2.45, 2.75) is 25.8 Å². The molecule has 3 nitrogen and oxygen atoms in total. The molecular formula is C10H15N3. The first-order chi connectivity index (χ1) is 6.25. The van der Waals surface area contributed by atoms with Crippen LogP contribution in [0.2, 0.25) is 0 Å². The lowest BCUT2D eigenvalue weighted by molar-refractivity contribution is 0.309. The molecule has 0 amide bonds. The summed E-state index contributed by atoms with van der Waals surface area (Å²) < 4.78 is 0. The molecule has 0 spiro atoms. The Balaban J connectivity index is 1.98. The van der Waals surface area contributed by atoms with E-state index in [4.69, 9.17) is 5.73 Å². The molecule has 1 aromatic heterocycles. The molecule has 1 aliphatic carbocycles. The van der Waals surface area contributed by atoms with Gasteiger partial charge in [-0.25, -0.2) is 0 Å². The Morgan fingerprint density at radius 2 is 2.31 bits per heavy atom. The van der Waals surface area contributed by atoms with Crippen LogP contribution in [0, 0.1) is 5.92 Å². The van der Waals surface area contributed by atoms with Gasteiger partial charge in [0.25, 0.3) is 0 Å². The fourth-order valence-corrected chi connectivity index (χ4v) is 1.78. The topological polar surface area (TPSA) is 50.9 Å². The number of pyridine rings is 1. The molecule has 0 bridgehead atoms. The zero-order chi connectivity index (χ0) is 9.26. The maximum absolute atomic E-state index is 5.76. The van der Waals surface area contributed by atoms with Gasteiger partial charge in [0, 0.05) is 12.2 Å². The average molecular weight is 177 g/mol. The third-order valence-electron chi connectivity index (χ3n) is 2.59. The van der Waals surface area contributed by atoms with Crippen LogP contribution in [-0.4, -0.2) is 11.0 Å². The molecule has 0 atom stereocenters. The van der Waals surface area contributed by atoms with Crippen molar-refractivity contribution in [1.29, 1.82) is 0 Å². The Kier molecular flexibility index (Phi) is 2.08. The van der Waals surface area contributed by atoms with E-state index in [2.05, 4.69) is 17.2 Å². The number of nitrogens with zero attached hydrogens (tertiary/aromatic N) is 1. The standard InChI is InChI=1S/C10H15N3/c1-7-4-8(5-7)13-10-2-3-12-6-9(10)11/h2-3,6-8H,4-5,11H2,1H3,(H,12,13). The first kappa shape index (κ1) is 8.35. The van der Waals surface area contributed by atoms with Gasteiger partial charge in [-0.2, -0.15) is 0 Å². The van der Waals surface area contributed by atoms with Crippen LogP contribution in [0.1, 0.15) is 19.8 Å². The van der Waals surface area contributed by atoms with E-state index in [-0.39, 0.29) is 0 Å². The molecule has 0 aromatic carbocycles. The van der Waals surface area contributed by atoms with E-state index < -0.39 is 0 Å². The van der Waals surface area contributed by atoms with Crippen LogP contribution >= 0.6 is 0 Å². The molecule has 1 fully saturated rings. The van der Waals surface area contributed by atoms with Gasteiger partial charge in [-0.05, 0) is 24.8 Å². The quantitative estimate of drug-likeness (QED) is 0.725. The lowest BCUT2D eigenvalue weighted by Gasteiger charge is -2.34. The second kappa shape index (κ2) is 3.24. The zero-order valence-corrected chi connectivity index (χ0v) is 7.83. The van der Waals surface area contributed by atoms with E-state index in [1.165, 1.54) is 12.8 Å². The van der Waals surface area contributed by atoms with Crippen molar-refractivity contribution in [1.82, 2.24) is 4.98 Å². The minimum absolute atomic E-state index is 0.611. The van der Waals surface area contributed by atoms with Gasteiger partial charge in [-0.1, -0.05) is 6.92 Å². The van der Waals surface area contributed by atoms with Crippen LogP contribution in [0.4, 0.5) is 11.4 Å². The fraction of sp³-hybridized carbons (Fsp3) is 0.500. The highest BCUT2D eigenvalue weighted by atomic mass is 15.0. The molecule has 1 heterocycles. The van der Waals surface area contributed by atoms with E-state index in [1.54, 1.807) is 12.4 Å². The summed E-state index contributed by atoms with van der Waals surface area (Å²) in [7, 11) is 0. The van der Waals surface area contributed by atoms with Crippen molar-refractivity contribution in [2.75, 3.05) is 11.1 Å². The summed E-state index contributed by atoms with van der Waals surface area (Å²) in [5, 5.41) is 3.41. The van der Waals surface area contributed by atoms with Gasteiger partial charge in [-0.15, -0.1) is 0 Å². The Hall–Kier alpha value is -1.25. The summed E-state index contributed by atoms with van der Waals surface area (Å²) in [4.78, 5) is 3.95. The van der Waals surface area contributed by atoms with Crippen LogP contribution < -0.4 is 11.1 Å². The number of hydrogen-bond acceptors (Lipinski definition) is 3. The van der Waals surface area contributed by atoms with Crippen molar-refractivity contribution >= 4 is 11.4 Å². The van der Waals surface area contributed by atoms with Crippen LogP contribution in [-0.2, 0) is 0 Å². The maximum Gasteiger partial charge on any atom is 0.0736 e. The predicted molar refractivity (Wildman–Crippen MR) is 54.5 cm³/mol. The molecule has 13 heavy (non-hydrogen) atoms. The Labute approximate surface area is 78.4 Å². The lowest BCUT2D eigenvalue weighted by atomic mass is 9.82. The molecule has 0 radical (unpaired) electrons. The highest BCUT2D eigenvalue weighted by Crippen LogP contribution is 2.30. The summed E-state index contributed by atoms with van der Waals surface area (Å²) in [6.07, 6.45) is 5.95. The monoisotopic (exact) mass is 177 g/mol. The highest BCUT2D eigenvalue weighted by molar-refractivity contribution is 5.64. The number of nitrogens with two attached hydrogens (primary N) is 1. The van der Waals surface area contributed by atoms with Crippen molar-refractivity contribution in [2.24, 2.45) is 5.92 Å². The molecule has 1 aromatic rings. The van der Waals surface area contributed by atoms with Gasteiger partial charge in [0.1, 0.15) is 0 Å². The normalized spacial score (nSPS) is 26.5. The van der Waals surface area contributed by atoms with Gasteiger partial charge in [-0.3, -0.25) is 4.98 Å². The summed E-state index contributed by atoms with van der Waals surface area (Å²) in [5.41, 5.74) is 7.52. The summed E-state index contributed by atoms with van der Waals surface area (Å²) in [6, 6.07) is 2.54. The SMILES string of the molecule is CC1CC(Nc2ccncc2N)C1. The summed E-state index contributed by atoms with van der Waals surface area (Å²) in [6.45, 7) is 2.27. The Bertz CT molecular complexity index is 292. The van der Waals surface area contributed by atoms with Gasteiger partial charge in [0.2, 0.25) is 0 Å². The van der Waals surface area contributed by atoms with Crippen LogP contribution in [0.15, 0.2) is 18.5 Å². The number of rotatable bonds is 2. The van der Waals surface area contributed by atoms with Gasteiger partial charge in [0.15, 0.2) is 0 Å². The number of aromatic nitrogens is 1. The van der Waals surface area contributed by atoms with Crippen molar-refractivity contribution in [3.63, 3.8) is 0 Å². The molecule has 0 aliphatic heterocycles. The van der Waals surface area contributed by atoms with E-state index in [0.717, 1.165) is 17.3 Å². The third kappa shape index (κ3) is 1.74. The fourth-order valence-electron chi connectivity index (χ4n) is 1.78. The minimum Gasteiger partial charge on any atom is -0.396 e. The molecular weight excluding hydrogens is 162 g/mol. The number of nitrogen functional groups attached to an aromatic ring is 1. The second-order valence-electron chi connectivity index (χ2n) is 3.88. The van der Waals surface area contributed by atoms with E-state index in [1.807, 2.05) is 6.07 Å². The van der Waals surface area contributed by atoms with Crippen LogP contribution in [0.25, 0.3) is 0 Å². The number of hydrogen-bond donors (Lipinski definition) is 2. The van der Waals surface area contributed by atoms with Gasteiger partial charge < -0.3 is 11.1 Å². The summed E-state index contributed by atoms with van der Waals surface area (Å²) >= 11 is 0. The number of nitrogens with one attached hydrogen (secondary N) is 1. The summed E-state index contributed by atoms with van der Waals surface area (Å²) in [5.74, 6) is 0.862. The third-order valence-corrected chi connectivity index (χ3v) is 2.59. The van der Waals surface area contributed by atoms with E-state index in [0.29, 0.717) is 6.04 Å². The van der Waals surface area contributed by atoms with E-state index in [9.17, 15) is 0 Å². The zero-order valence-electron chi connectivity index (χ0n) is 7.83.